The van der Waals surface area contributed by atoms with Crippen LogP contribution in [0.25, 0.3) is 10.9 Å². The summed E-state index contributed by atoms with van der Waals surface area (Å²) in [6.07, 6.45) is -0.117. The number of carbonyl (C=O) groups excluding carboxylic acids is 1. The van der Waals surface area contributed by atoms with E-state index < -0.39 is 6.10 Å². The molecule has 4 aromatic rings. The molecule has 3 aromatic carbocycles. The Morgan fingerprint density at radius 2 is 1.74 bits per heavy atom. The van der Waals surface area contributed by atoms with Gasteiger partial charge in [-0.2, -0.15) is 0 Å². The summed E-state index contributed by atoms with van der Waals surface area (Å²) in [5, 5.41) is 30.4. The minimum Gasteiger partial charge on any atom is -0.506 e. The fourth-order valence-electron chi connectivity index (χ4n) is 4.42. The molecule has 4 rings (SSSR count). The van der Waals surface area contributed by atoms with Crippen molar-refractivity contribution in [1.82, 2.24) is 15.6 Å². The highest BCUT2D eigenvalue weighted by Crippen LogP contribution is 2.28. The van der Waals surface area contributed by atoms with E-state index >= 15 is 0 Å². The smallest absolute Gasteiger partial charge is 0.319 e. The number of amides is 2. The number of carbonyl (C=O) groups is 1. The number of benzene rings is 3. The van der Waals surface area contributed by atoms with Gasteiger partial charge in [-0.1, -0.05) is 63.2 Å². The maximum absolute atomic E-state index is 12.4. The van der Waals surface area contributed by atoms with Gasteiger partial charge < -0.3 is 31.1 Å². The molecule has 0 bridgehead atoms. The van der Waals surface area contributed by atoms with Crippen LogP contribution in [0.15, 0.2) is 77.6 Å². The number of phenols is 1. The van der Waals surface area contributed by atoms with E-state index in [-0.39, 0.29) is 22.8 Å². The predicted molar refractivity (Wildman–Crippen MR) is 155 cm³/mol. The highest BCUT2D eigenvalue weighted by molar-refractivity contribution is 5.89. The second-order valence-electron chi connectivity index (χ2n) is 10.7. The Morgan fingerprint density at radius 3 is 2.49 bits per heavy atom. The van der Waals surface area contributed by atoms with Gasteiger partial charge in [-0.3, -0.25) is 4.79 Å². The molecule has 0 aliphatic carbocycles. The van der Waals surface area contributed by atoms with Crippen LogP contribution < -0.4 is 21.5 Å². The van der Waals surface area contributed by atoms with Crippen molar-refractivity contribution < 1.29 is 15.0 Å². The Balaban J connectivity index is 1.24. The van der Waals surface area contributed by atoms with Crippen LogP contribution in [0.2, 0.25) is 0 Å². The number of aliphatic hydroxyl groups is 1. The molecule has 0 radical (unpaired) electrons. The fourth-order valence-corrected chi connectivity index (χ4v) is 4.42. The second kappa shape index (κ2) is 12.1. The third-order valence-electron chi connectivity index (χ3n) is 6.65. The van der Waals surface area contributed by atoms with Gasteiger partial charge in [-0.25, -0.2) is 4.79 Å². The lowest BCUT2D eigenvalue weighted by molar-refractivity contribution is 0.176. The summed E-state index contributed by atoms with van der Waals surface area (Å²) in [6, 6.07) is 21.8. The molecule has 0 saturated carbocycles. The maximum Gasteiger partial charge on any atom is 0.319 e. The number of H-pyrrole nitrogens is 1. The maximum atomic E-state index is 12.4. The molecule has 2 amide bonds. The molecule has 1 atom stereocenters. The zero-order chi connectivity index (χ0) is 28.0. The average Bonchev–Trinajstić information content (AvgIpc) is 2.90. The van der Waals surface area contributed by atoms with E-state index in [9.17, 15) is 19.8 Å². The van der Waals surface area contributed by atoms with E-state index in [0.717, 1.165) is 11.1 Å². The first-order valence-electron chi connectivity index (χ1n) is 13.1. The molecule has 0 spiro atoms. The largest absolute Gasteiger partial charge is 0.506 e. The Labute approximate surface area is 228 Å². The van der Waals surface area contributed by atoms with Crippen molar-refractivity contribution in [3.63, 3.8) is 0 Å². The highest BCUT2D eigenvalue weighted by Gasteiger charge is 2.14. The van der Waals surface area contributed by atoms with Gasteiger partial charge >= 0.3 is 6.03 Å². The molecule has 0 unspecified atom stereocenters. The first-order chi connectivity index (χ1) is 18.6. The third-order valence-corrected chi connectivity index (χ3v) is 6.65. The summed E-state index contributed by atoms with van der Waals surface area (Å²) < 4.78 is 0. The molecule has 8 nitrogen and oxygen atoms in total. The predicted octanol–water partition coefficient (Wildman–Crippen LogP) is 4.72. The number of nitrogens with one attached hydrogen (secondary N) is 4. The normalized spacial score (nSPS) is 12.3. The fraction of sp³-hybridized carbons (Fsp3) is 0.290. The van der Waals surface area contributed by atoms with Gasteiger partial charge in [0.05, 0.1) is 11.6 Å². The number of aromatic amines is 1. The van der Waals surface area contributed by atoms with Crippen molar-refractivity contribution >= 4 is 22.6 Å². The molecule has 0 aliphatic heterocycles. The van der Waals surface area contributed by atoms with Crippen LogP contribution in [-0.2, 0) is 18.4 Å². The number of anilines is 1. The Morgan fingerprint density at radius 1 is 0.974 bits per heavy atom. The van der Waals surface area contributed by atoms with Crippen LogP contribution in [0.4, 0.5) is 10.5 Å². The van der Waals surface area contributed by atoms with Crippen molar-refractivity contribution in [2.24, 2.45) is 0 Å². The third kappa shape index (κ3) is 7.46. The summed E-state index contributed by atoms with van der Waals surface area (Å²) in [6.45, 7) is 7.87. The van der Waals surface area contributed by atoms with Crippen molar-refractivity contribution in [2.75, 3.05) is 18.4 Å². The van der Waals surface area contributed by atoms with Crippen LogP contribution >= 0.6 is 0 Å². The first kappa shape index (κ1) is 27.9. The van der Waals surface area contributed by atoms with E-state index in [1.54, 1.807) is 12.1 Å². The second-order valence-corrected chi connectivity index (χ2v) is 10.7. The summed E-state index contributed by atoms with van der Waals surface area (Å²) in [4.78, 5) is 26.6. The molecule has 204 valence electrons. The number of aromatic nitrogens is 1. The number of aliphatic hydroxyl groups excluding tert-OH is 1. The minimum atomic E-state index is -0.819. The average molecular weight is 529 g/mol. The molecule has 8 heteroatoms. The van der Waals surface area contributed by atoms with Crippen molar-refractivity contribution in [3.05, 3.63) is 105 Å². The lowest BCUT2D eigenvalue weighted by Crippen LogP contribution is -2.28. The molecule has 0 fully saturated rings. The summed E-state index contributed by atoms with van der Waals surface area (Å²) in [7, 11) is 0. The topological polar surface area (TPSA) is 126 Å². The van der Waals surface area contributed by atoms with Crippen molar-refractivity contribution in [1.29, 1.82) is 0 Å². The van der Waals surface area contributed by atoms with Crippen LogP contribution in [0.3, 0.4) is 0 Å². The number of hydrogen-bond acceptors (Lipinski definition) is 5. The molecule has 0 aliphatic rings. The number of pyridine rings is 1. The monoisotopic (exact) mass is 528 g/mol. The number of aromatic hydroxyl groups is 1. The van der Waals surface area contributed by atoms with E-state index in [1.807, 2.05) is 36.4 Å². The zero-order valence-corrected chi connectivity index (χ0v) is 22.5. The number of urea groups is 1. The van der Waals surface area contributed by atoms with Gasteiger partial charge in [0.2, 0.25) is 5.56 Å². The van der Waals surface area contributed by atoms with Gasteiger partial charge in [0.25, 0.3) is 0 Å². The van der Waals surface area contributed by atoms with Gasteiger partial charge in [-0.15, -0.1) is 0 Å². The standard InChI is InChI=1S/C31H36N4O4/c1-31(2,3)22-9-7-21(8-10-22)18-33-30(39)34-23-6-4-5-20(17-23)15-16-32-19-27(37)24-11-13-26(36)29-25(24)12-14-28(38)35-29/h4-14,17,27,32,36-37H,15-16,18-19H2,1-3H3,(H,35,38)(H2,33,34,39)/t27-/m1/s1. The Kier molecular flexibility index (Phi) is 8.69. The van der Waals surface area contributed by atoms with Crippen molar-refractivity contribution in [2.45, 2.75) is 45.3 Å². The molecular formula is C31H36N4O4. The SMILES string of the molecule is CC(C)(C)c1ccc(CNC(=O)Nc2cccc(CCNC[C@@H](O)c3ccc(O)c4[nH]c(=O)ccc34)c2)cc1. The van der Waals surface area contributed by atoms with E-state index in [1.165, 1.54) is 17.7 Å². The number of fused-ring (bicyclic) bond motifs is 1. The van der Waals surface area contributed by atoms with E-state index in [4.69, 9.17) is 0 Å². The lowest BCUT2D eigenvalue weighted by atomic mass is 9.87. The van der Waals surface area contributed by atoms with Gasteiger partial charge in [0.15, 0.2) is 0 Å². The van der Waals surface area contributed by atoms with E-state index in [0.29, 0.717) is 48.2 Å². The molecule has 1 aromatic heterocycles. The zero-order valence-electron chi connectivity index (χ0n) is 22.5. The lowest BCUT2D eigenvalue weighted by Gasteiger charge is -2.19. The van der Waals surface area contributed by atoms with Crippen molar-refractivity contribution in [3.8, 4) is 5.75 Å². The van der Waals surface area contributed by atoms with Gasteiger partial charge in [-0.05, 0) is 64.9 Å². The van der Waals surface area contributed by atoms with Crippen LogP contribution in [0.1, 0.15) is 49.1 Å². The number of hydrogen-bond donors (Lipinski definition) is 6. The Bertz CT molecular complexity index is 1490. The number of rotatable bonds is 9. The quantitative estimate of drug-likeness (QED) is 0.175. The van der Waals surface area contributed by atoms with Gasteiger partial charge in [0, 0.05) is 30.2 Å². The summed E-state index contributed by atoms with van der Waals surface area (Å²) >= 11 is 0. The molecule has 6 N–H and O–H groups in total. The summed E-state index contributed by atoms with van der Waals surface area (Å²) in [5.74, 6) is -0.0384. The van der Waals surface area contributed by atoms with Crippen LogP contribution in [-0.4, -0.2) is 34.3 Å². The molecule has 0 saturated heterocycles. The Hall–Kier alpha value is -4.14. The molecule has 39 heavy (non-hydrogen) atoms. The molecule has 1 heterocycles. The van der Waals surface area contributed by atoms with Crippen LogP contribution in [0, 0.1) is 0 Å². The minimum absolute atomic E-state index is 0.0384. The highest BCUT2D eigenvalue weighted by atomic mass is 16.3. The number of phenolic OH excluding ortho intramolecular Hbond substituents is 1. The van der Waals surface area contributed by atoms with Gasteiger partial charge in [0.1, 0.15) is 5.75 Å². The van der Waals surface area contributed by atoms with Crippen LogP contribution in [0.5, 0.6) is 5.75 Å². The van der Waals surface area contributed by atoms with E-state index in [2.05, 4.69) is 53.8 Å². The first-order valence-corrected chi connectivity index (χ1v) is 13.1. The summed E-state index contributed by atoms with van der Waals surface area (Å²) in [5.41, 5.74) is 4.74. The molecular weight excluding hydrogens is 492 g/mol.